The van der Waals surface area contributed by atoms with Gasteiger partial charge >= 0.3 is 0 Å². The quantitative estimate of drug-likeness (QED) is 0.936. The van der Waals surface area contributed by atoms with Crippen LogP contribution in [0, 0.1) is 0 Å². The Morgan fingerprint density at radius 1 is 1.27 bits per heavy atom. The van der Waals surface area contributed by atoms with Crippen molar-refractivity contribution < 1.29 is 0 Å². The average Bonchev–Trinajstić information content (AvgIpc) is 3.10. The Morgan fingerprint density at radius 3 is 3.09 bits per heavy atom. The van der Waals surface area contributed by atoms with E-state index in [9.17, 15) is 0 Å². The topological polar surface area (TPSA) is 53.9 Å². The van der Waals surface area contributed by atoms with Crippen LogP contribution < -0.4 is 5.32 Å². The number of pyridine rings is 1. The fourth-order valence-electron chi connectivity index (χ4n) is 3.32. The van der Waals surface area contributed by atoms with E-state index in [2.05, 4.69) is 26.3 Å². The summed E-state index contributed by atoms with van der Waals surface area (Å²) >= 11 is 0. The fraction of sp³-hybridized carbons (Fsp3) is 0.471. The first kappa shape index (κ1) is 13.8. The SMILES string of the molecule is c1ccc(CN2CCc3nc([C@H]4CCCN4)ncc3C2)nc1. The second kappa shape index (κ2) is 6.10. The van der Waals surface area contributed by atoms with Crippen molar-refractivity contribution in [2.75, 3.05) is 13.1 Å². The predicted octanol–water partition coefficient (Wildman–Crippen LogP) is 1.85. The minimum atomic E-state index is 0.358. The number of nitrogens with one attached hydrogen (secondary N) is 1. The van der Waals surface area contributed by atoms with Gasteiger partial charge in [0.2, 0.25) is 0 Å². The Labute approximate surface area is 130 Å². The molecule has 0 unspecified atom stereocenters. The Morgan fingerprint density at radius 2 is 2.27 bits per heavy atom. The molecule has 1 atom stereocenters. The summed E-state index contributed by atoms with van der Waals surface area (Å²) in [6.45, 7) is 3.94. The maximum absolute atomic E-state index is 4.82. The summed E-state index contributed by atoms with van der Waals surface area (Å²) in [5.74, 6) is 0.981. The molecule has 0 bridgehead atoms. The van der Waals surface area contributed by atoms with Crippen LogP contribution in [0.4, 0.5) is 0 Å². The smallest absolute Gasteiger partial charge is 0.145 e. The van der Waals surface area contributed by atoms with E-state index in [0.717, 1.165) is 50.5 Å². The van der Waals surface area contributed by atoms with Gasteiger partial charge in [-0.3, -0.25) is 9.88 Å². The molecule has 2 aliphatic heterocycles. The van der Waals surface area contributed by atoms with Crippen LogP contribution in [0.15, 0.2) is 30.6 Å². The van der Waals surface area contributed by atoms with E-state index in [1.54, 1.807) is 0 Å². The van der Waals surface area contributed by atoms with Crippen LogP contribution in [0.25, 0.3) is 0 Å². The van der Waals surface area contributed by atoms with Gasteiger partial charge in [0.05, 0.1) is 11.7 Å². The van der Waals surface area contributed by atoms with Gasteiger partial charge in [0.25, 0.3) is 0 Å². The minimum absolute atomic E-state index is 0.358. The van der Waals surface area contributed by atoms with Crippen LogP contribution in [-0.4, -0.2) is 32.9 Å². The van der Waals surface area contributed by atoms with Crippen LogP contribution in [0.1, 0.15) is 41.7 Å². The van der Waals surface area contributed by atoms with Gasteiger partial charge in [0.1, 0.15) is 5.82 Å². The summed E-state index contributed by atoms with van der Waals surface area (Å²) in [4.78, 5) is 16.3. The Hall–Kier alpha value is -1.85. The molecule has 0 amide bonds. The zero-order valence-electron chi connectivity index (χ0n) is 12.7. The highest BCUT2D eigenvalue weighted by molar-refractivity contribution is 5.22. The number of rotatable bonds is 3. The largest absolute Gasteiger partial charge is 0.307 e. The Bertz CT molecular complexity index is 637. The number of fused-ring (bicyclic) bond motifs is 1. The van der Waals surface area contributed by atoms with Crippen molar-refractivity contribution >= 4 is 0 Å². The van der Waals surface area contributed by atoms with Gasteiger partial charge in [0, 0.05) is 49.7 Å². The standard InChI is InChI=1S/C17H21N5/c1-2-7-18-14(4-1)12-22-9-6-15-13(11-22)10-20-17(21-15)16-5-3-8-19-16/h1-2,4,7,10,16,19H,3,5-6,8-9,11-12H2/t16-/m1/s1. The second-order valence-electron chi connectivity index (χ2n) is 6.13. The lowest BCUT2D eigenvalue weighted by atomic mass is 10.1. The van der Waals surface area contributed by atoms with Gasteiger partial charge in [0.15, 0.2) is 0 Å². The molecule has 2 aromatic rings. The molecule has 1 fully saturated rings. The molecule has 5 nitrogen and oxygen atoms in total. The van der Waals surface area contributed by atoms with Crippen molar-refractivity contribution in [3.05, 3.63) is 53.4 Å². The summed E-state index contributed by atoms with van der Waals surface area (Å²) in [5.41, 5.74) is 3.62. The maximum atomic E-state index is 4.82. The lowest BCUT2D eigenvalue weighted by Crippen LogP contribution is -2.31. The first-order chi connectivity index (χ1) is 10.9. The van der Waals surface area contributed by atoms with Crippen molar-refractivity contribution in [2.45, 2.75) is 38.4 Å². The molecule has 0 saturated carbocycles. The lowest BCUT2D eigenvalue weighted by Gasteiger charge is -2.28. The van der Waals surface area contributed by atoms with Gasteiger partial charge < -0.3 is 5.32 Å². The van der Waals surface area contributed by atoms with E-state index in [4.69, 9.17) is 4.98 Å². The molecule has 4 rings (SSSR count). The van der Waals surface area contributed by atoms with Crippen LogP contribution in [-0.2, 0) is 19.5 Å². The first-order valence-electron chi connectivity index (χ1n) is 8.09. The molecule has 114 valence electrons. The third kappa shape index (κ3) is 2.87. The normalized spacial score (nSPS) is 21.7. The number of hydrogen-bond acceptors (Lipinski definition) is 5. The summed E-state index contributed by atoms with van der Waals surface area (Å²) in [6.07, 6.45) is 7.28. The third-order valence-electron chi connectivity index (χ3n) is 4.52. The van der Waals surface area contributed by atoms with Crippen molar-refractivity contribution in [1.29, 1.82) is 0 Å². The van der Waals surface area contributed by atoms with Crippen LogP contribution >= 0.6 is 0 Å². The monoisotopic (exact) mass is 295 g/mol. The van der Waals surface area contributed by atoms with Gasteiger partial charge in [-0.05, 0) is 31.5 Å². The zero-order chi connectivity index (χ0) is 14.8. The molecule has 5 heteroatoms. The van der Waals surface area contributed by atoms with E-state index < -0.39 is 0 Å². The maximum Gasteiger partial charge on any atom is 0.145 e. The van der Waals surface area contributed by atoms with Crippen molar-refractivity contribution in [2.24, 2.45) is 0 Å². The molecule has 0 aromatic carbocycles. The lowest BCUT2D eigenvalue weighted by molar-refractivity contribution is 0.239. The van der Waals surface area contributed by atoms with E-state index in [1.807, 2.05) is 24.5 Å². The zero-order valence-corrected chi connectivity index (χ0v) is 12.7. The fourth-order valence-corrected chi connectivity index (χ4v) is 3.32. The number of nitrogens with zero attached hydrogens (tertiary/aromatic N) is 4. The van der Waals surface area contributed by atoms with Crippen molar-refractivity contribution in [1.82, 2.24) is 25.2 Å². The molecule has 22 heavy (non-hydrogen) atoms. The van der Waals surface area contributed by atoms with Gasteiger partial charge in [-0.1, -0.05) is 6.07 Å². The van der Waals surface area contributed by atoms with E-state index in [1.165, 1.54) is 17.7 Å². The molecular weight excluding hydrogens is 274 g/mol. The van der Waals surface area contributed by atoms with E-state index in [0.29, 0.717) is 6.04 Å². The number of hydrogen-bond donors (Lipinski definition) is 1. The average molecular weight is 295 g/mol. The number of aromatic nitrogens is 3. The molecule has 4 heterocycles. The van der Waals surface area contributed by atoms with Crippen LogP contribution in [0.5, 0.6) is 0 Å². The first-order valence-corrected chi connectivity index (χ1v) is 8.09. The van der Waals surface area contributed by atoms with Gasteiger partial charge in [-0.15, -0.1) is 0 Å². The minimum Gasteiger partial charge on any atom is -0.307 e. The molecule has 0 aliphatic carbocycles. The molecule has 2 aromatic heterocycles. The van der Waals surface area contributed by atoms with E-state index >= 15 is 0 Å². The molecule has 2 aliphatic rings. The van der Waals surface area contributed by atoms with Crippen LogP contribution in [0.2, 0.25) is 0 Å². The molecule has 0 spiro atoms. The molecule has 1 saturated heterocycles. The molecule has 0 radical (unpaired) electrons. The van der Waals surface area contributed by atoms with Gasteiger partial charge in [-0.2, -0.15) is 0 Å². The Kier molecular flexibility index (Phi) is 3.83. The highest BCUT2D eigenvalue weighted by Crippen LogP contribution is 2.23. The summed E-state index contributed by atoms with van der Waals surface area (Å²) in [7, 11) is 0. The van der Waals surface area contributed by atoms with E-state index in [-0.39, 0.29) is 0 Å². The van der Waals surface area contributed by atoms with Crippen molar-refractivity contribution in [3.63, 3.8) is 0 Å². The predicted molar refractivity (Wildman–Crippen MR) is 84.1 cm³/mol. The summed E-state index contributed by atoms with van der Waals surface area (Å²) in [6, 6.07) is 6.45. The molecule has 1 N–H and O–H groups in total. The molecular formula is C17H21N5. The Balaban J connectivity index is 1.47. The summed E-state index contributed by atoms with van der Waals surface area (Å²) in [5, 5.41) is 3.48. The van der Waals surface area contributed by atoms with Crippen LogP contribution in [0.3, 0.4) is 0 Å². The highest BCUT2D eigenvalue weighted by atomic mass is 15.1. The third-order valence-corrected chi connectivity index (χ3v) is 4.52. The second-order valence-corrected chi connectivity index (χ2v) is 6.13. The van der Waals surface area contributed by atoms with Crippen molar-refractivity contribution in [3.8, 4) is 0 Å². The summed E-state index contributed by atoms with van der Waals surface area (Å²) < 4.78 is 0. The van der Waals surface area contributed by atoms with Gasteiger partial charge in [-0.25, -0.2) is 9.97 Å². The highest BCUT2D eigenvalue weighted by Gasteiger charge is 2.23.